The van der Waals surface area contributed by atoms with Crippen LogP contribution in [0.4, 0.5) is 10.9 Å². The lowest BCUT2D eigenvalue weighted by Crippen LogP contribution is -2.40. The van der Waals surface area contributed by atoms with Gasteiger partial charge < -0.3 is 19.5 Å². The van der Waals surface area contributed by atoms with Gasteiger partial charge in [-0.15, -0.1) is 11.3 Å². The normalized spacial score (nSPS) is 18.0. The van der Waals surface area contributed by atoms with Crippen molar-refractivity contribution in [2.75, 3.05) is 43.2 Å². The molecule has 1 amide bonds. The zero-order valence-corrected chi connectivity index (χ0v) is 24.5. The van der Waals surface area contributed by atoms with Gasteiger partial charge in [-0.05, 0) is 61.8 Å². The van der Waals surface area contributed by atoms with Crippen LogP contribution in [0.15, 0.2) is 35.8 Å². The number of fused-ring (bicyclic) bond motifs is 1. The molecule has 0 bridgehead atoms. The van der Waals surface area contributed by atoms with Crippen LogP contribution < -0.4 is 14.5 Å². The quantitative estimate of drug-likeness (QED) is 0.333. The lowest BCUT2D eigenvalue weighted by Gasteiger charge is -2.29. The van der Waals surface area contributed by atoms with E-state index in [0.717, 1.165) is 60.5 Å². The first kappa shape index (κ1) is 27.9. The van der Waals surface area contributed by atoms with Gasteiger partial charge in [-0.2, -0.15) is 0 Å². The summed E-state index contributed by atoms with van der Waals surface area (Å²) in [5.74, 6) is 0.132. The lowest BCUT2D eigenvalue weighted by atomic mass is 9.86. The maximum absolute atomic E-state index is 13.9. The van der Waals surface area contributed by atoms with E-state index in [4.69, 9.17) is 26.1 Å². The number of hydrogen-bond donors (Lipinski definition) is 1. The zero-order valence-electron chi connectivity index (χ0n) is 22.9. The number of carbonyl (C=O) groups is 2. The number of carboxylic acids is 1. The monoisotopic (exact) mass is 596 g/mol. The SMILES string of the molecule is CN1CCOc2cc(-c3ccc(Cl)cc3-c3csc(N(C(=O)C(CC(=O)O)CC4CCOCC4)C4CC4)n3)cnc21. The van der Waals surface area contributed by atoms with Crippen LogP contribution in [0.2, 0.25) is 5.02 Å². The number of halogens is 1. The number of anilines is 2. The fourth-order valence-electron chi connectivity index (χ4n) is 5.68. The minimum atomic E-state index is -0.955. The number of rotatable bonds is 9. The van der Waals surface area contributed by atoms with Crippen LogP contribution >= 0.6 is 22.9 Å². The van der Waals surface area contributed by atoms with E-state index in [1.807, 2.05) is 42.9 Å². The Kier molecular flexibility index (Phi) is 8.14. The van der Waals surface area contributed by atoms with E-state index in [1.54, 1.807) is 4.90 Å². The maximum atomic E-state index is 13.9. The Morgan fingerprint density at radius 1 is 1.17 bits per heavy atom. The van der Waals surface area contributed by atoms with E-state index in [0.29, 0.717) is 42.1 Å². The highest BCUT2D eigenvalue weighted by atomic mass is 35.5. The average Bonchev–Trinajstić information content (AvgIpc) is 3.68. The summed E-state index contributed by atoms with van der Waals surface area (Å²) < 4.78 is 11.4. The van der Waals surface area contributed by atoms with Gasteiger partial charge in [-0.1, -0.05) is 17.7 Å². The number of nitrogens with zero attached hydrogens (tertiary/aromatic N) is 4. The Balaban J connectivity index is 1.31. The number of thiazole rings is 1. The first-order valence-electron chi connectivity index (χ1n) is 14.1. The zero-order chi connectivity index (χ0) is 28.5. The van der Waals surface area contributed by atoms with Crippen molar-refractivity contribution < 1.29 is 24.2 Å². The van der Waals surface area contributed by atoms with Crippen LogP contribution in [0.1, 0.15) is 38.5 Å². The van der Waals surface area contributed by atoms with Crippen molar-refractivity contribution >= 4 is 45.8 Å². The van der Waals surface area contributed by atoms with Crippen molar-refractivity contribution in [3.05, 3.63) is 40.9 Å². The molecule has 2 aliphatic heterocycles. The van der Waals surface area contributed by atoms with E-state index < -0.39 is 11.9 Å². The second-order valence-corrected chi connectivity index (χ2v) is 12.3. The molecule has 1 saturated heterocycles. The van der Waals surface area contributed by atoms with Crippen molar-refractivity contribution in [2.24, 2.45) is 11.8 Å². The Morgan fingerprint density at radius 3 is 2.73 bits per heavy atom. The molecular weight excluding hydrogens is 564 g/mol. The summed E-state index contributed by atoms with van der Waals surface area (Å²) in [5.41, 5.74) is 3.33. The minimum absolute atomic E-state index is 0.0466. The molecule has 4 heterocycles. The first-order valence-corrected chi connectivity index (χ1v) is 15.4. The summed E-state index contributed by atoms with van der Waals surface area (Å²) in [6.07, 6.45) is 5.67. The minimum Gasteiger partial charge on any atom is -0.488 e. The molecule has 1 unspecified atom stereocenters. The third-order valence-electron chi connectivity index (χ3n) is 8.02. The van der Waals surface area contributed by atoms with Gasteiger partial charge in [0.15, 0.2) is 16.7 Å². The number of hydrogen-bond acceptors (Lipinski definition) is 8. The molecule has 2 fully saturated rings. The summed E-state index contributed by atoms with van der Waals surface area (Å²) in [6.45, 7) is 2.70. The van der Waals surface area contributed by atoms with Crippen molar-refractivity contribution in [1.82, 2.24) is 9.97 Å². The van der Waals surface area contributed by atoms with Gasteiger partial charge in [-0.25, -0.2) is 9.97 Å². The summed E-state index contributed by atoms with van der Waals surface area (Å²) in [5, 5.41) is 12.7. The number of aliphatic carboxylic acids is 1. The van der Waals surface area contributed by atoms with Crippen LogP contribution in [0.25, 0.3) is 22.4 Å². The fourth-order valence-corrected chi connectivity index (χ4v) is 6.75. The average molecular weight is 597 g/mol. The standard InChI is InChI=1S/C30H33ClN4O5S/c1-34-8-11-40-26-13-20(16-32-28(26)34)23-5-2-21(31)15-24(23)25-17-41-30(33-25)35(22-3-4-22)29(38)19(14-27(36)37)12-18-6-9-39-10-7-18/h2,5,13,15-19,22H,3-4,6-12,14H2,1H3,(H,36,37). The second-order valence-electron chi connectivity index (χ2n) is 11.0. The van der Waals surface area contributed by atoms with Crippen molar-refractivity contribution in [3.63, 3.8) is 0 Å². The third kappa shape index (κ3) is 6.19. The molecule has 1 saturated carbocycles. The van der Waals surface area contributed by atoms with Crippen molar-refractivity contribution in [1.29, 1.82) is 0 Å². The van der Waals surface area contributed by atoms with Gasteiger partial charge in [0, 0.05) is 59.9 Å². The molecule has 3 aliphatic rings. The summed E-state index contributed by atoms with van der Waals surface area (Å²) in [6, 6.07) is 7.71. The van der Waals surface area contributed by atoms with Gasteiger partial charge >= 0.3 is 5.97 Å². The third-order valence-corrected chi connectivity index (χ3v) is 9.10. The number of aromatic nitrogens is 2. The van der Waals surface area contributed by atoms with Gasteiger partial charge in [-0.3, -0.25) is 14.5 Å². The van der Waals surface area contributed by atoms with Gasteiger partial charge in [0.1, 0.15) is 6.61 Å². The van der Waals surface area contributed by atoms with E-state index in [1.165, 1.54) is 11.3 Å². The predicted octanol–water partition coefficient (Wildman–Crippen LogP) is 5.76. The molecule has 1 N–H and O–H groups in total. The molecular formula is C30H33ClN4O5S. The summed E-state index contributed by atoms with van der Waals surface area (Å²) >= 11 is 7.85. The van der Waals surface area contributed by atoms with Crippen molar-refractivity contribution in [3.8, 4) is 28.1 Å². The number of carbonyl (C=O) groups excluding carboxylic acids is 1. The maximum Gasteiger partial charge on any atom is 0.304 e. The van der Waals surface area contributed by atoms with Gasteiger partial charge in [0.05, 0.1) is 18.7 Å². The molecule has 6 rings (SSSR count). The molecule has 9 nitrogen and oxygen atoms in total. The molecule has 1 aliphatic carbocycles. The van der Waals surface area contributed by atoms with Gasteiger partial charge in [0.2, 0.25) is 5.91 Å². The molecule has 1 aromatic carbocycles. The predicted molar refractivity (Wildman–Crippen MR) is 159 cm³/mol. The number of benzene rings is 1. The highest BCUT2D eigenvalue weighted by molar-refractivity contribution is 7.14. The Labute approximate surface area is 248 Å². The van der Waals surface area contributed by atoms with Crippen LogP contribution in [0.5, 0.6) is 5.75 Å². The van der Waals surface area contributed by atoms with Gasteiger partial charge in [0.25, 0.3) is 0 Å². The molecule has 3 aromatic rings. The van der Waals surface area contributed by atoms with Crippen LogP contribution in [-0.2, 0) is 14.3 Å². The number of amides is 1. The number of ether oxygens (including phenoxy) is 2. The second kappa shape index (κ2) is 12.0. The molecule has 11 heteroatoms. The molecule has 41 heavy (non-hydrogen) atoms. The van der Waals surface area contributed by atoms with E-state index >= 15 is 0 Å². The smallest absolute Gasteiger partial charge is 0.304 e. The fraction of sp³-hybridized carbons (Fsp3) is 0.467. The first-order chi connectivity index (χ1) is 19.9. The van der Waals surface area contributed by atoms with Crippen LogP contribution in [0, 0.1) is 11.8 Å². The Morgan fingerprint density at radius 2 is 1.98 bits per heavy atom. The number of pyridine rings is 1. The van der Waals surface area contributed by atoms with Crippen molar-refractivity contribution in [2.45, 2.75) is 44.6 Å². The topological polar surface area (TPSA) is 105 Å². The summed E-state index contributed by atoms with van der Waals surface area (Å²) in [7, 11) is 2.00. The summed E-state index contributed by atoms with van der Waals surface area (Å²) in [4.78, 5) is 39.1. The molecule has 1 atom stereocenters. The molecule has 2 aromatic heterocycles. The molecule has 216 valence electrons. The highest BCUT2D eigenvalue weighted by Crippen LogP contribution is 2.42. The van der Waals surface area contributed by atoms with E-state index in [-0.39, 0.29) is 24.3 Å². The molecule has 0 spiro atoms. The number of likely N-dealkylation sites (N-methyl/N-ethyl adjacent to an activating group) is 1. The Bertz CT molecular complexity index is 1440. The van der Waals surface area contributed by atoms with E-state index in [9.17, 15) is 14.7 Å². The number of carboxylic acid groups (broad SMARTS) is 1. The van der Waals surface area contributed by atoms with Crippen LogP contribution in [0.3, 0.4) is 0 Å². The Hall–Kier alpha value is -3.21. The lowest BCUT2D eigenvalue weighted by molar-refractivity contribution is -0.141. The largest absolute Gasteiger partial charge is 0.488 e. The van der Waals surface area contributed by atoms with Crippen LogP contribution in [-0.4, -0.2) is 66.4 Å². The highest BCUT2D eigenvalue weighted by Gasteiger charge is 2.40. The molecule has 0 radical (unpaired) electrons. The van der Waals surface area contributed by atoms with E-state index in [2.05, 4.69) is 9.88 Å².